The Kier molecular flexibility index (Phi) is 5.54. The molecule has 7 nitrogen and oxygen atoms in total. The van der Waals surface area contributed by atoms with Crippen LogP contribution in [0.4, 0.5) is 5.69 Å². The first kappa shape index (κ1) is 19.3. The Balaban J connectivity index is 2.24. The molecule has 1 N–H and O–H groups in total. The van der Waals surface area contributed by atoms with Gasteiger partial charge in [-0.1, -0.05) is 18.2 Å². The molecule has 2 heterocycles. The first-order valence-electron chi connectivity index (χ1n) is 8.95. The molecule has 0 amide bonds. The Labute approximate surface area is 162 Å². The van der Waals surface area contributed by atoms with E-state index in [-0.39, 0.29) is 12.3 Å². The van der Waals surface area contributed by atoms with Gasteiger partial charge in [0.05, 0.1) is 22.8 Å². The minimum absolute atomic E-state index is 0.0325. The van der Waals surface area contributed by atoms with Crippen LogP contribution in [-0.2, 0) is 9.53 Å². The molecule has 0 saturated heterocycles. The molecule has 2 aromatic rings. The topological polar surface area (TPSA) is 94.4 Å². The molecule has 28 heavy (non-hydrogen) atoms. The van der Waals surface area contributed by atoms with E-state index in [1.807, 2.05) is 25.1 Å². The van der Waals surface area contributed by atoms with Crippen molar-refractivity contribution in [1.29, 1.82) is 0 Å². The SMILES string of the molecule is CCOC(=O)C1=C(C)NC(C)=C(c2ccccn2)C1c1cccc([N+](=O)[O-])c1. The molecular weight excluding hydrogens is 358 g/mol. The maximum absolute atomic E-state index is 12.8. The van der Waals surface area contributed by atoms with Crippen molar-refractivity contribution >= 4 is 17.2 Å². The van der Waals surface area contributed by atoms with Gasteiger partial charge in [-0.2, -0.15) is 0 Å². The molecular formula is C21H21N3O4. The van der Waals surface area contributed by atoms with Crippen molar-refractivity contribution in [2.45, 2.75) is 26.7 Å². The largest absolute Gasteiger partial charge is 0.463 e. The third kappa shape index (κ3) is 3.64. The zero-order valence-electron chi connectivity index (χ0n) is 15.9. The number of nitro groups is 1. The molecule has 3 rings (SSSR count). The second kappa shape index (κ2) is 8.04. The quantitative estimate of drug-likeness (QED) is 0.480. The van der Waals surface area contributed by atoms with Gasteiger partial charge in [-0.25, -0.2) is 4.79 Å². The number of allylic oxidation sites excluding steroid dienone is 3. The average Bonchev–Trinajstić information content (AvgIpc) is 2.68. The number of nitrogens with one attached hydrogen (secondary N) is 1. The number of benzene rings is 1. The van der Waals surface area contributed by atoms with Gasteiger partial charge < -0.3 is 10.1 Å². The van der Waals surface area contributed by atoms with Crippen molar-refractivity contribution in [3.05, 3.63) is 87.0 Å². The van der Waals surface area contributed by atoms with E-state index >= 15 is 0 Å². The van der Waals surface area contributed by atoms with E-state index in [2.05, 4.69) is 10.3 Å². The molecule has 0 radical (unpaired) electrons. The fourth-order valence-corrected chi connectivity index (χ4v) is 3.49. The Bertz CT molecular complexity index is 980. The van der Waals surface area contributed by atoms with E-state index in [9.17, 15) is 14.9 Å². The van der Waals surface area contributed by atoms with Gasteiger partial charge in [0.15, 0.2) is 0 Å². The maximum Gasteiger partial charge on any atom is 0.336 e. The summed E-state index contributed by atoms with van der Waals surface area (Å²) in [6, 6.07) is 11.9. The van der Waals surface area contributed by atoms with Crippen LogP contribution in [0.25, 0.3) is 5.57 Å². The van der Waals surface area contributed by atoms with Crippen molar-refractivity contribution in [3.8, 4) is 0 Å². The second-order valence-corrected chi connectivity index (χ2v) is 6.42. The number of esters is 1. The summed E-state index contributed by atoms with van der Waals surface area (Å²) >= 11 is 0. The van der Waals surface area contributed by atoms with Crippen LogP contribution in [0.15, 0.2) is 65.6 Å². The number of dihydropyridines is 1. The average molecular weight is 379 g/mol. The van der Waals surface area contributed by atoms with Crippen LogP contribution >= 0.6 is 0 Å². The molecule has 0 saturated carbocycles. The number of hydrogen-bond acceptors (Lipinski definition) is 6. The molecule has 1 aromatic carbocycles. The van der Waals surface area contributed by atoms with Crippen LogP contribution in [0.5, 0.6) is 0 Å². The molecule has 1 aliphatic heterocycles. The summed E-state index contributed by atoms with van der Waals surface area (Å²) in [6.45, 7) is 5.68. The van der Waals surface area contributed by atoms with Gasteiger partial charge in [0.2, 0.25) is 0 Å². The predicted octanol–water partition coefficient (Wildman–Crippen LogP) is 3.94. The minimum Gasteiger partial charge on any atom is -0.463 e. The zero-order chi connectivity index (χ0) is 20.3. The fraction of sp³-hybridized carbons (Fsp3) is 0.238. The van der Waals surface area contributed by atoms with Gasteiger partial charge in [-0.05, 0) is 38.5 Å². The van der Waals surface area contributed by atoms with Crippen LogP contribution in [0.3, 0.4) is 0 Å². The van der Waals surface area contributed by atoms with Gasteiger partial charge in [0, 0.05) is 41.2 Å². The van der Waals surface area contributed by atoms with Crippen molar-refractivity contribution in [1.82, 2.24) is 10.3 Å². The van der Waals surface area contributed by atoms with Gasteiger partial charge in [0.1, 0.15) is 0 Å². The summed E-state index contributed by atoms with van der Waals surface area (Å²) in [4.78, 5) is 28.1. The highest BCUT2D eigenvalue weighted by Crippen LogP contribution is 2.43. The van der Waals surface area contributed by atoms with Crippen LogP contribution in [0.1, 0.15) is 37.9 Å². The summed E-state index contributed by atoms with van der Waals surface area (Å²) in [5.41, 5.74) is 4.00. The van der Waals surface area contributed by atoms with E-state index in [1.54, 1.807) is 32.2 Å². The minimum atomic E-state index is -0.532. The Hall–Kier alpha value is -3.48. The predicted molar refractivity (Wildman–Crippen MR) is 105 cm³/mol. The first-order chi connectivity index (χ1) is 13.4. The van der Waals surface area contributed by atoms with Gasteiger partial charge in [-0.15, -0.1) is 0 Å². The Morgan fingerprint density at radius 1 is 1.21 bits per heavy atom. The Morgan fingerprint density at radius 3 is 2.64 bits per heavy atom. The van der Waals surface area contributed by atoms with Crippen LogP contribution in [0, 0.1) is 10.1 Å². The molecule has 144 valence electrons. The smallest absolute Gasteiger partial charge is 0.336 e. The highest BCUT2D eigenvalue weighted by Gasteiger charge is 2.35. The molecule has 1 aromatic heterocycles. The van der Waals surface area contributed by atoms with Crippen molar-refractivity contribution in [2.75, 3.05) is 6.61 Å². The number of hydrogen-bond donors (Lipinski definition) is 1. The lowest BCUT2D eigenvalue weighted by atomic mass is 9.79. The van der Waals surface area contributed by atoms with Crippen molar-refractivity contribution < 1.29 is 14.5 Å². The summed E-state index contributed by atoms with van der Waals surface area (Å²) in [5.74, 6) is -0.986. The number of carbonyl (C=O) groups is 1. The Morgan fingerprint density at radius 2 is 2.00 bits per heavy atom. The fourth-order valence-electron chi connectivity index (χ4n) is 3.49. The highest BCUT2D eigenvalue weighted by molar-refractivity contribution is 5.97. The summed E-state index contributed by atoms with van der Waals surface area (Å²) in [5, 5.41) is 14.5. The molecule has 0 fully saturated rings. The van der Waals surface area contributed by atoms with Crippen molar-refractivity contribution in [3.63, 3.8) is 0 Å². The number of rotatable bonds is 5. The lowest BCUT2D eigenvalue weighted by Crippen LogP contribution is -2.28. The lowest BCUT2D eigenvalue weighted by Gasteiger charge is -2.31. The molecule has 1 aliphatic rings. The molecule has 7 heteroatoms. The number of non-ortho nitro benzene ring substituents is 1. The van der Waals surface area contributed by atoms with E-state index in [4.69, 9.17) is 4.74 Å². The summed E-state index contributed by atoms with van der Waals surface area (Å²) < 4.78 is 5.29. The molecule has 1 atom stereocenters. The van der Waals surface area contributed by atoms with Gasteiger partial charge >= 0.3 is 5.97 Å². The van der Waals surface area contributed by atoms with Crippen molar-refractivity contribution in [2.24, 2.45) is 0 Å². The summed E-state index contributed by atoms with van der Waals surface area (Å²) in [7, 11) is 0. The maximum atomic E-state index is 12.8. The number of nitro benzene ring substituents is 1. The number of nitrogens with zero attached hydrogens (tertiary/aromatic N) is 2. The third-order valence-electron chi connectivity index (χ3n) is 4.61. The summed E-state index contributed by atoms with van der Waals surface area (Å²) in [6.07, 6.45) is 1.68. The lowest BCUT2D eigenvalue weighted by molar-refractivity contribution is -0.384. The molecule has 1 unspecified atom stereocenters. The normalized spacial score (nSPS) is 16.6. The van der Waals surface area contributed by atoms with Crippen LogP contribution in [-0.4, -0.2) is 22.5 Å². The van der Waals surface area contributed by atoms with E-state index in [0.29, 0.717) is 22.5 Å². The molecule has 0 aliphatic carbocycles. The molecule has 0 spiro atoms. The second-order valence-electron chi connectivity index (χ2n) is 6.42. The van der Waals surface area contributed by atoms with E-state index in [1.165, 1.54) is 12.1 Å². The standard InChI is InChI=1S/C21H21N3O4/c1-4-28-21(25)19-14(3)23-13(2)18(17-10-5-6-11-22-17)20(19)15-8-7-9-16(12-15)24(26)27/h5-12,20,23H,4H2,1-3H3. The number of carbonyl (C=O) groups excluding carboxylic acids is 1. The van der Waals surface area contributed by atoms with Crippen LogP contribution in [0.2, 0.25) is 0 Å². The monoisotopic (exact) mass is 379 g/mol. The first-order valence-corrected chi connectivity index (χ1v) is 8.95. The van der Waals surface area contributed by atoms with Crippen LogP contribution < -0.4 is 5.32 Å². The highest BCUT2D eigenvalue weighted by atomic mass is 16.6. The van der Waals surface area contributed by atoms with E-state index in [0.717, 1.165) is 11.3 Å². The van der Waals surface area contributed by atoms with Gasteiger partial charge in [0.25, 0.3) is 5.69 Å². The van der Waals surface area contributed by atoms with Gasteiger partial charge in [-0.3, -0.25) is 15.1 Å². The number of aromatic nitrogens is 1. The molecule has 0 bridgehead atoms. The third-order valence-corrected chi connectivity index (χ3v) is 4.61. The van der Waals surface area contributed by atoms with E-state index < -0.39 is 16.8 Å². The number of pyridine rings is 1. The zero-order valence-corrected chi connectivity index (χ0v) is 15.9. The number of ether oxygens (including phenoxy) is 1.